The Labute approximate surface area is 125 Å². The fourth-order valence-electron chi connectivity index (χ4n) is 3.16. The van der Waals surface area contributed by atoms with E-state index in [1.54, 1.807) is 0 Å². The Morgan fingerprint density at radius 2 is 1.90 bits per heavy atom. The zero-order valence-corrected chi connectivity index (χ0v) is 12.7. The molecule has 1 aliphatic carbocycles. The second-order valence-electron chi connectivity index (χ2n) is 5.79. The second kappa shape index (κ2) is 6.74. The van der Waals surface area contributed by atoms with Gasteiger partial charge in [0.25, 0.3) is 0 Å². The summed E-state index contributed by atoms with van der Waals surface area (Å²) >= 11 is 0. The van der Waals surface area contributed by atoms with Gasteiger partial charge in [0.05, 0.1) is 11.8 Å². The maximum atomic E-state index is 12.5. The van der Waals surface area contributed by atoms with E-state index in [0.717, 1.165) is 36.1 Å². The predicted octanol–water partition coefficient (Wildman–Crippen LogP) is 3.39. The summed E-state index contributed by atoms with van der Waals surface area (Å²) in [5.41, 5.74) is 2.95. The summed E-state index contributed by atoms with van der Waals surface area (Å²) < 4.78 is 0. The molecule has 1 saturated carbocycles. The lowest BCUT2D eigenvalue weighted by molar-refractivity contribution is -0.147. The Balaban J connectivity index is 2.19. The number of aryl methyl sites for hydroxylation is 2. The van der Waals surface area contributed by atoms with Crippen molar-refractivity contribution in [3.8, 4) is 0 Å². The molecular formula is C17H23NO3. The monoisotopic (exact) mass is 289 g/mol. The van der Waals surface area contributed by atoms with Gasteiger partial charge >= 0.3 is 5.97 Å². The van der Waals surface area contributed by atoms with Crippen LogP contribution in [-0.2, 0) is 16.0 Å². The van der Waals surface area contributed by atoms with Crippen molar-refractivity contribution in [1.82, 2.24) is 0 Å². The van der Waals surface area contributed by atoms with Crippen LogP contribution in [0, 0.1) is 18.8 Å². The molecule has 21 heavy (non-hydrogen) atoms. The first kappa shape index (κ1) is 15.5. The molecule has 0 aromatic heterocycles. The highest BCUT2D eigenvalue weighted by Crippen LogP contribution is 2.32. The Morgan fingerprint density at radius 1 is 1.24 bits per heavy atom. The topological polar surface area (TPSA) is 66.4 Å². The molecule has 0 aliphatic heterocycles. The van der Waals surface area contributed by atoms with Gasteiger partial charge in [-0.25, -0.2) is 0 Å². The van der Waals surface area contributed by atoms with Crippen molar-refractivity contribution in [2.24, 2.45) is 11.8 Å². The molecule has 0 heterocycles. The van der Waals surface area contributed by atoms with E-state index < -0.39 is 17.8 Å². The number of carbonyl (C=O) groups is 2. The van der Waals surface area contributed by atoms with E-state index in [9.17, 15) is 14.7 Å². The third kappa shape index (κ3) is 3.43. The lowest BCUT2D eigenvalue weighted by Crippen LogP contribution is -2.36. The molecule has 2 atom stereocenters. The summed E-state index contributed by atoms with van der Waals surface area (Å²) in [5.74, 6) is -1.96. The molecule has 1 aromatic rings. The van der Waals surface area contributed by atoms with Gasteiger partial charge in [-0.2, -0.15) is 0 Å². The molecule has 0 spiro atoms. The summed E-state index contributed by atoms with van der Waals surface area (Å²) in [6.07, 6.45) is 3.92. The predicted molar refractivity (Wildman–Crippen MR) is 82.3 cm³/mol. The number of hydrogen-bond donors (Lipinski definition) is 2. The zero-order valence-electron chi connectivity index (χ0n) is 12.7. The van der Waals surface area contributed by atoms with E-state index in [1.165, 1.54) is 0 Å². The van der Waals surface area contributed by atoms with E-state index in [0.29, 0.717) is 12.8 Å². The lowest BCUT2D eigenvalue weighted by Gasteiger charge is -2.28. The summed E-state index contributed by atoms with van der Waals surface area (Å²) in [6, 6.07) is 5.94. The number of benzene rings is 1. The van der Waals surface area contributed by atoms with Gasteiger partial charge in [0.1, 0.15) is 0 Å². The van der Waals surface area contributed by atoms with Gasteiger partial charge < -0.3 is 10.4 Å². The average Bonchev–Trinajstić information content (AvgIpc) is 2.49. The molecule has 0 saturated heterocycles. The fourth-order valence-corrected chi connectivity index (χ4v) is 3.16. The molecule has 0 bridgehead atoms. The van der Waals surface area contributed by atoms with Crippen molar-refractivity contribution in [3.63, 3.8) is 0 Å². The van der Waals surface area contributed by atoms with Gasteiger partial charge in [-0.15, -0.1) is 0 Å². The minimum Gasteiger partial charge on any atom is -0.481 e. The molecular weight excluding hydrogens is 266 g/mol. The van der Waals surface area contributed by atoms with Crippen molar-refractivity contribution in [1.29, 1.82) is 0 Å². The molecule has 2 N–H and O–H groups in total. The number of carboxylic acid groups (broad SMARTS) is 1. The largest absolute Gasteiger partial charge is 0.481 e. The molecule has 1 fully saturated rings. The van der Waals surface area contributed by atoms with Crippen LogP contribution in [0.25, 0.3) is 0 Å². The second-order valence-corrected chi connectivity index (χ2v) is 5.79. The minimum absolute atomic E-state index is 0.147. The standard InChI is InChI=1S/C17H23NO3/c1-3-12-8-6-7-11(2)15(12)18-16(19)13-9-4-5-10-14(13)17(20)21/h6-8,13-14H,3-5,9-10H2,1-2H3,(H,18,19)(H,20,21)/t13-,14-/m1/s1. The van der Waals surface area contributed by atoms with Gasteiger partial charge in [-0.05, 0) is 37.3 Å². The van der Waals surface area contributed by atoms with Gasteiger partial charge in [0, 0.05) is 5.69 Å². The first-order valence-electron chi connectivity index (χ1n) is 7.66. The van der Waals surface area contributed by atoms with Crippen molar-refractivity contribution in [2.75, 3.05) is 5.32 Å². The lowest BCUT2D eigenvalue weighted by atomic mass is 9.78. The molecule has 4 nitrogen and oxygen atoms in total. The Kier molecular flexibility index (Phi) is 4.99. The molecule has 0 unspecified atom stereocenters. The number of amides is 1. The third-order valence-corrected chi connectivity index (χ3v) is 4.41. The highest BCUT2D eigenvalue weighted by Gasteiger charge is 2.35. The van der Waals surface area contributed by atoms with E-state index in [2.05, 4.69) is 5.32 Å². The minimum atomic E-state index is -0.852. The quantitative estimate of drug-likeness (QED) is 0.893. The smallest absolute Gasteiger partial charge is 0.307 e. The average molecular weight is 289 g/mol. The summed E-state index contributed by atoms with van der Waals surface area (Å²) in [7, 11) is 0. The number of para-hydroxylation sites is 1. The van der Waals surface area contributed by atoms with E-state index in [4.69, 9.17) is 0 Å². The van der Waals surface area contributed by atoms with Crippen molar-refractivity contribution < 1.29 is 14.7 Å². The van der Waals surface area contributed by atoms with Crippen LogP contribution in [0.3, 0.4) is 0 Å². The van der Waals surface area contributed by atoms with Gasteiger partial charge in [-0.3, -0.25) is 9.59 Å². The summed E-state index contributed by atoms with van der Waals surface area (Å²) in [4.78, 5) is 23.9. The maximum absolute atomic E-state index is 12.5. The zero-order chi connectivity index (χ0) is 15.4. The molecule has 4 heteroatoms. The molecule has 2 rings (SSSR count). The van der Waals surface area contributed by atoms with Gasteiger partial charge in [0.15, 0.2) is 0 Å². The number of aliphatic carboxylic acids is 1. The number of nitrogens with one attached hydrogen (secondary N) is 1. The van der Waals surface area contributed by atoms with Crippen molar-refractivity contribution in [2.45, 2.75) is 46.0 Å². The molecule has 1 aromatic carbocycles. The van der Waals surface area contributed by atoms with E-state index in [1.807, 2.05) is 32.0 Å². The van der Waals surface area contributed by atoms with Crippen LogP contribution in [0.2, 0.25) is 0 Å². The first-order valence-corrected chi connectivity index (χ1v) is 7.66. The van der Waals surface area contributed by atoms with Crippen molar-refractivity contribution >= 4 is 17.6 Å². The summed E-state index contributed by atoms with van der Waals surface area (Å²) in [5, 5.41) is 12.3. The summed E-state index contributed by atoms with van der Waals surface area (Å²) in [6.45, 7) is 4.01. The highest BCUT2D eigenvalue weighted by molar-refractivity contribution is 5.96. The molecule has 1 amide bonds. The fraction of sp³-hybridized carbons (Fsp3) is 0.529. The number of carboxylic acids is 1. The Morgan fingerprint density at radius 3 is 2.52 bits per heavy atom. The number of rotatable bonds is 4. The van der Waals surface area contributed by atoms with Crippen LogP contribution < -0.4 is 5.32 Å². The molecule has 0 radical (unpaired) electrons. The van der Waals surface area contributed by atoms with Crippen molar-refractivity contribution in [3.05, 3.63) is 29.3 Å². The molecule has 114 valence electrons. The van der Waals surface area contributed by atoms with Crippen LogP contribution in [0.4, 0.5) is 5.69 Å². The maximum Gasteiger partial charge on any atom is 0.307 e. The first-order chi connectivity index (χ1) is 10.0. The number of anilines is 1. The van der Waals surface area contributed by atoms with Crippen LogP contribution >= 0.6 is 0 Å². The Hall–Kier alpha value is -1.84. The number of carbonyl (C=O) groups excluding carboxylic acids is 1. The van der Waals surface area contributed by atoms with E-state index in [-0.39, 0.29) is 5.91 Å². The van der Waals surface area contributed by atoms with Crippen LogP contribution in [-0.4, -0.2) is 17.0 Å². The third-order valence-electron chi connectivity index (χ3n) is 4.41. The SMILES string of the molecule is CCc1cccc(C)c1NC(=O)[C@@H]1CCCC[C@H]1C(=O)O. The molecule has 1 aliphatic rings. The van der Waals surface area contributed by atoms with Gasteiger partial charge in [-0.1, -0.05) is 38.0 Å². The van der Waals surface area contributed by atoms with Gasteiger partial charge in [0.2, 0.25) is 5.91 Å². The Bertz CT molecular complexity index is 539. The van der Waals surface area contributed by atoms with Crippen LogP contribution in [0.5, 0.6) is 0 Å². The van der Waals surface area contributed by atoms with Crippen LogP contribution in [0.1, 0.15) is 43.7 Å². The van der Waals surface area contributed by atoms with E-state index >= 15 is 0 Å². The highest BCUT2D eigenvalue weighted by atomic mass is 16.4. The number of hydrogen-bond acceptors (Lipinski definition) is 2. The normalized spacial score (nSPS) is 21.8. The van der Waals surface area contributed by atoms with Crippen LogP contribution in [0.15, 0.2) is 18.2 Å².